The minimum absolute atomic E-state index is 0.139. The Balaban J connectivity index is 2.49. The van der Waals surface area contributed by atoms with Gasteiger partial charge in [0.2, 0.25) is 0 Å². The van der Waals surface area contributed by atoms with Gasteiger partial charge in [0.05, 0.1) is 17.6 Å². The predicted octanol–water partition coefficient (Wildman–Crippen LogP) is 1.28. The lowest BCUT2D eigenvalue weighted by molar-refractivity contribution is 0.598. The standard InChI is InChI=1S/C8H9ClN2O2S/c9-14(12,13)8-5-10-6-3-1-2-4-7(6)11-8/h5H,1-4H2. The van der Waals surface area contributed by atoms with E-state index < -0.39 is 9.05 Å². The molecule has 0 radical (unpaired) electrons. The van der Waals surface area contributed by atoms with Crippen molar-refractivity contribution in [1.82, 2.24) is 9.97 Å². The fourth-order valence-electron chi connectivity index (χ4n) is 1.55. The molecule has 0 N–H and O–H groups in total. The lowest BCUT2D eigenvalue weighted by atomic mass is 10.0. The molecule has 0 bridgehead atoms. The molecule has 6 heteroatoms. The van der Waals surface area contributed by atoms with E-state index in [4.69, 9.17) is 10.7 Å². The third-order valence-corrected chi connectivity index (χ3v) is 3.41. The Morgan fingerprint density at radius 3 is 2.50 bits per heavy atom. The van der Waals surface area contributed by atoms with Crippen molar-refractivity contribution in [2.24, 2.45) is 0 Å². The van der Waals surface area contributed by atoms with Gasteiger partial charge in [-0.25, -0.2) is 13.4 Å². The lowest BCUT2D eigenvalue weighted by Gasteiger charge is -2.13. The molecule has 14 heavy (non-hydrogen) atoms. The summed E-state index contributed by atoms with van der Waals surface area (Å²) >= 11 is 0. The number of aromatic nitrogens is 2. The lowest BCUT2D eigenvalue weighted by Crippen LogP contribution is -2.10. The maximum atomic E-state index is 11.0. The molecular weight excluding hydrogens is 224 g/mol. The second kappa shape index (κ2) is 3.47. The van der Waals surface area contributed by atoms with Crippen LogP contribution in [0, 0.1) is 0 Å². The van der Waals surface area contributed by atoms with Gasteiger partial charge in [0.15, 0.2) is 5.03 Å². The van der Waals surface area contributed by atoms with Crippen molar-refractivity contribution in [1.29, 1.82) is 0 Å². The first-order chi connectivity index (χ1) is 6.57. The largest absolute Gasteiger partial charge is 0.280 e. The van der Waals surface area contributed by atoms with E-state index in [1.807, 2.05) is 0 Å². The average Bonchev–Trinajstić information content (AvgIpc) is 2.16. The highest BCUT2D eigenvalue weighted by atomic mass is 35.7. The van der Waals surface area contributed by atoms with Crippen molar-refractivity contribution < 1.29 is 8.42 Å². The first kappa shape index (κ1) is 9.86. The molecule has 0 unspecified atom stereocenters. The first-order valence-electron chi connectivity index (χ1n) is 4.37. The molecule has 1 aliphatic rings. The van der Waals surface area contributed by atoms with Gasteiger partial charge in [-0.1, -0.05) is 0 Å². The smallest absolute Gasteiger partial charge is 0.256 e. The Kier molecular flexibility index (Phi) is 2.45. The van der Waals surface area contributed by atoms with Gasteiger partial charge in [-0.15, -0.1) is 0 Å². The normalized spacial score (nSPS) is 16.4. The van der Waals surface area contributed by atoms with Crippen molar-refractivity contribution in [3.63, 3.8) is 0 Å². The van der Waals surface area contributed by atoms with Crippen LogP contribution in [0.5, 0.6) is 0 Å². The molecule has 1 aromatic rings. The summed E-state index contributed by atoms with van der Waals surface area (Å²) in [5.41, 5.74) is 1.68. The number of fused-ring (bicyclic) bond motifs is 1. The molecule has 1 heterocycles. The minimum Gasteiger partial charge on any atom is -0.256 e. The molecule has 0 amide bonds. The van der Waals surface area contributed by atoms with Crippen molar-refractivity contribution in [2.45, 2.75) is 30.7 Å². The monoisotopic (exact) mass is 232 g/mol. The van der Waals surface area contributed by atoms with E-state index in [0.717, 1.165) is 37.1 Å². The van der Waals surface area contributed by atoms with Crippen LogP contribution >= 0.6 is 10.7 Å². The van der Waals surface area contributed by atoms with Crippen molar-refractivity contribution in [3.8, 4) is 0 Å². The quantitative estimate of drug-likeness (QED) is 0.685. The maximum absolute atomic E-state index is 11.0. The topological polar surface area (TPSA) is 59.9 Å². The Morgan fingerprint density at radius 2 is 1.86 bits per heavy atom. The highest BCUT2D eigenvalue weighted by Gasteiger charge is 2.17. The molecule has 2 rings (SSSR count). The number of rotatable bonds is 1. The van der Waals surface area contributed by atoms with Crippen LogP contribution in [0.3, 0.4) is 0 Å². The average molecular weight is 233 g/mol. The van der Waals surface area contributed by atoms with Crippen molar-refractivity contribution in [2.75, 3.05) is 0 Å². The van der Waals surface area contributed by atoms with Gasteiger partial charge in [0.25, 0.3) is 9.05 Å². The molecule has 0 saturated heterocycles. The van der Waals surface area contributed by atoms with Gasteiger partial charge >= 0.3 is 0 Å². The van der Waals surface area contributed by atoms with Crippen LogP contribution in [0.25, 0.3) is 0 Å². The molecule has 0 aromatic carbocycles. The number of nitrogens with zero attached hydrogens (tertiary/aromatic N) is 2. The van der Waals surface area contributed by atoms with Crippen LogP contribution in [0.15, 0.2) is 11.2 Å². The SMILES string of the molecule is O=S(=O)(Cl)c1cnc2c(n1)CCCC2. The molecule has 0 spiro atoms. The summed E-state index contributed by atoms with van der Waals surface area (Å²) in [4.78, 5) is 8.06. The van der Waals surface area contributed by atoms with E-state index in [2.05, 4.69) is 9.97 Å². The first-order valence-corrected chi connectivity index (χ1v) is 6.68. The summed E-state index contributed by atoms with van der Waals surface area (Å²) in [6.07, 6.45) is 5.03. The number of hydrogen-bond donors (Lipinski definition) is 0. The van der Waals surface area contributed by atoms with Crippen LogP contribution < -0.4 is 0 Å². The van der Waals surface area contributed by atoms with Gasteiger partial charge < -0.3 is 0 Å². The third-order valence-electron chi connectivity index (χ3n) is 2.24. The van der Waals surface area contributed by atoms with Gasteiger partial charge in [-0.2, -0.15) is 0 Å². The molecule has 0 saturated carbocycles. The van der Waals surface area contributed by atoms with Gasteiger partial charge in [0, 0.05) is 10.7 Å². The maximum Gasteiger partial charge on any atom is 0.280 e. The second-order valence-corrected chi connectivity index (χ2v) is 5.76. The second-order valence-electron chi connectivity index (χ2n) is 3.25. The number of aryl methyl sites for hydroxylation is 2. The summed E-state index contributed by atoms with van der Waals surface area (Å²) in [5, 5.41) is -0.139. The van der Waals surface area contributed by atoms with E-state index in [1.54, 1.807) is 0 Å². The Bertz CT molecular complexity index is 458. The molecule has 1 aliphatic carbocycles. The zero-order valence-electron chi connectivity index (χ0n) is 7.40. The molecule has 76 valence electrons. The van der Waals surface area contributed by atoms with E-state index in [9.17, 15) is 8.42 Å². The zero-order valence-corrected chi connectivity index (χ0v) is 8.98. The third kappa shape index (κ3) is 1.88. The van der Waals surface area contributed by atoms with Crippen molar-refractivity contribution >= 4 is 19.7 Å². The summed E-state index contributed by atoms with van der Waals surface area (Å²) in [6.45, 7) is 0. The van der Waals surface area contributed by atoms with Crippen LogP contribution in [0.2, 0.25) is 0 Å². The molecule has 4 nitrogen and oxygen atoms in total. The predicted molar refractivity (Wildman–Crippen MR) is 51.7 cm³/mol. The summed E-state index contributed by atoms with van der Waals surface area (Å²) in [7, 11) is 1.43. The van der Waals surface area contributed by atoms with Crippen LogP contribution in [-0.4, -0.2) is 18.4 Å². The van der Waals surface area contributed by atoms with E-state index >= 15 is 0 Å². The van der Waals surface area contributed by atoms with Gasteiger partial charge in [-0.05, 0) is 25.7 Å². The Hall–Kier alpha value is -0.680. The highest BCUT2D eigenvalue weighted by molar-refractivity contribution is 8.13. The fourth-order valence-corrected chi connectivity index (χ4v) is 2.17. The van der Waals surface area contributed by atoms with Crippen molar-refractivity contribution in [3.05, 3.63) is 17.6 Å². The molecular formula is C8H9ClN2O2S. The number of halogens is 1. The van der Waals surface area contributed by atoms with Gasteiger partial charge in [-0.3, -0.25) is 4.98 Å². The molecule has 0 atom stereocenters. The van der Waals surface area contributed by atoms with E-state index in [0.29, 0.717) is 0 Å². The molecule has 0 fully saturated rings. The Labute approximate surface area is 86.8 Å². The van der Waals surface area contributed by atoms with Crippen LogP contribution in [-0.2, 0) is 21.9 Å². The summed E-state index contributed by atoms with van der Waals surface area (Å²) in [5.74, 6) is 0. The van der Waals surface area contributed by atoms with E-state index in [1.165, 1.54) is 6.20 Å². The molecule has 0 aliphatic heterocycles. The van der Waals surface area contributed by atoms with E-state index in [-0.39, 0.29) is 5.03 Å². The van der Waals surface area contributed by atoms with Crippen LogP contribution in [0.1, 0.15) is 24.2 Å². The Morgan fingerprint density at radius 1 is 1.21 bits per heavy atom. The highest BCUT2D eigenvalue weighted by Crippen LogP contribution is 2.19. The number of hydrogen-bond acceptors (Lipinski definition) is 4. The van der Waals surface area contributed by atoms with Gasteiger partial charge in [0.1, 0.15) is 0 Å². The zero-order chi connectivity index (χ0) is 10.2. The van der Waals surface area contributed by atoms with Crippen LogP contribution in [0.4, 0.5) is 0 Å². The summed E-state index contributed by atoms with van der Waals surface area (Å²) < 4.78 is 22.0. The molecule has 1 aromatic heterocycles. The fraction of sp³-hybridized carbons (Fsp3) is 0.500. The summed E-state index contributed by atoms with van der Waals surface area (Å²) in [6, 6.07) is 0. The minimum atomic E-state index is -3.74.